The summed E-state index contributed by atoms with van der Waals surface area (Å²) >= 11 is 0. The third-order valence-corrected chi connectivity index (χ3v) is 4.51. The van der Waals surface area contributed by atoms with Gasteiger partial charge in [0.25, 0.3) is 0 Å². The third-order valence-electron chi connectivity index (χ3n) is 4.51. The Morgan fingerprint density at radius 3 is 2.83 bits per heavy atom. The van der Waals surface area contributed by atoms with Crippen LogP contribution in [0.5, 0.6) is 0 Å². The Balaban J connectivity index is 1.59. The average Bonchev–Trinajstić information content (AvgIpc) is 2.87. The van der Waals surface area contributed by atoms with E-state index in [-0.39, 0.29) is 25.0 Å². The lowest BCUT2D eigenvalue weighted by Crippen LogP contribution is -2.35. The van der Waals surface area contributed by atoms with Crippen LogP contribution in [-0.2, 0) is 30.6 Å². The third kappa shape index (κ3) is 4.20. The van der Waals surface area contributed by atoms with Crippen LogP contribution in [-0.4, -0.2) is 38.4 Å². The van der Waals surface area contributed by atoms with Gasteiger partial charge in [-0.25, -0.2) is 0 Å². The summed E-state index contributed by atoms with van der Waals surface area (Å²) < 4.78 is 2.21. The van der Waals surface area contributed by atoms with E-state index >= 15 is 0 Å². The number of carbonyl (C=O) groups is 1. The van der Waals surface area contributed by atoms with Gasteiger partial charge >= 0.3 is 0 Å². The second kappa shape index (κ2) is 8.06. The van der Waals surface area contributed by atoms with Crippen LogP contribution in [0.15, 0.2) is 30.3 Å². The van der Waals surface area contributed by atoms with Crippen molar-refractivity contribution in [3.05, 3.63) is 47.5 Å². The molecule has 1 aromatic heterocycles. The maximum Gasteiger partial charge on any atom is 0.222 e. The highest BCUT2D eigenvalue weighted by atomic mass is 16.3. The van der Waals surface area contributed by atoms with Crippen molar-refractivity contribution in [3.8, 4) is 0 Å². The van der Waals surface area contributed by atoms with Crippen molar-refractivity contribution >= 4 is 5.91 Å². The standard InChI is InChI=1S/C18H24N4O2/c23-13-11-18(24)19-15-7-9-17-21-20-16(22(17)12-10-15)8-6-14-4-2-1-3-5-14/h1-5,15,23H,6-13H2,(H,19,24). The molecule has 1 unspecified atom stereocenters. The van der Waals surface area contributed by atoms with Gasteiger partial charge in [0.2, 0.25) is 5.91 Å². The van der Waals surface area contributed by atoms with E-state index in [0.717, 1.165) is 50.3 Å². The second-order valence-electron chi connectivity index (χ2n) is 6.24. The largest absolute Gasteiger partial charge is 0.396 e. The van der Waals surface area contributed by atoms with Gasteiger partial charge in [0, 0.05) is 31.8 Å². The number of amides is 1. The van der Waals surface area contributed by atoms with E-state index in [1.165, 1.54) is 5.56 Å². The summed E-state index contributed by atoms with van der Waals surface area (Å²) in [5, 5.41) is 20.5. The van der Waals surface area contributed by atoms with E-state index < -0.39 is 0 Å². The highest BCUT2D eigenvalue weighted by Crippen LogP contribution is 2.16. The Morgan fingerprint density at radius 2 is 2.04 bits per heavy atom. The van der Waals surface area contributed by atoms with Gasteiger partial charge in [-0.15, -0.1) is 10.2 Å². The number of aliphatic hydroxyl groups is 1. The van der Waals surface area contributed by atoms with Crippen LogP contribution in [0.2, 0.25) is 0 Å². The molecule has 0 fully saturated rings. The first-order valence-corrected chi connectivity index (χ1v) is 8.61. The fourth-order valence-corrected chi connectivity index (χ4v) is 3.18. The zero-order valence-corrected chi connectivity index (χ0v) is 13.8. The fraction of sp³-hybridized carbons (Fsp3) is 0.500. The van der Waals surface area contributed by atoms with Crippen LogP contribution >= 0.6 is 0 Å². The zero-order chi connectivity index (χ0) is 16.8. The number of aryl methyl sites for hydroxylation is 3. The Labute approximate surface area is 141 Å². The molecule has 1 aliphatic heterocycles. The molecule has 0 spiro atoms. The Kier molecular flexibility index (Phi) is 5.59. The molecule has 24 heavy (non-hydrogen) atoms. The minimum atomic E-state index is -0.103. The lowest BCUT2D eigenvalue weighted by molar-refractivity contribution is -0.122. The first-order valence-electron chi connectivity index (χ1n) is 8.61. The zero-order valence-electron chi connectivity index (χ0n) is 13.8. The Bertz CT molecular complexity index is 669. The number of nitrogens with zero attached hydrogens (tertiary/aromatic N) is 3. The normalized spacial score (nSPS) is 17.1. The number of hydrogen-bond acceptors (Lipinski definition) is 4. The quantitative estimate of drug-likeness (QED) is 0.837. The number of nitrogens with one attached hydrogen (secondary N) is 1. The summed E-state index contributed by atoms with van der Waals surface area (Å²) in [6.07, 6.45) is 4.57. The van der Waals surface area contributed by atoms with Gasteiger partial charge in [0.15, 0.2) is 0 Å². The van der Waals surface area contributed by atoms with E-state index in [0.29, 0.717) is 0 Å². The molecular weight excluding hydrogens is 304 g/mol. The van der Waals surface area contributed by atoms with Crippen LogP contribution < -0.4 is 5.32 Å². The van der Waals surface area contributed by atoms with E-state index in [1.807, 2.05) is 6.07 Å². The summed E-state index contributed by atoms with van der Waals surface area (Å²) in [7, 11) is 0. The predicted octanol–water partition coefficient (Wildman–Crippen LogP) is 1.27. The Morgan fingerprint density at radius 1 is 1.21 bits per heavy atom. The van der Waals surface area contributed by atoms with Crippen LogP contribution in [0.1, 0.15) is 36.5 Å². The molecule has 3 rings (SSSR count). The van der Waals surface area contributed by atoms with Crippen molar-refractivity contribution in [1.29, 1.82) is 0 Å². The average molecular weight is 328 g/mol. The van der Waals surface area contributed by atoms with Crippen LogP contribution in [0.4, 0.5) is 0 Å². The molecule has 2 N–H and O–H groups in total. The van der Waals surface area contributed by atoms with Gasteiger partial charge in [0.1, 0.15) is 11.6 Å². The summed E-state index contributed by atoms with van der Waals surface area (Å²) in [5.41, 5.74) is 1.30. The molecule has 2 heterocycles. The van der Waals surface area contributed by atoms with Gasteiger partial charge in [-0.3, -0.25) is 4.79 Å². The predicted molar refractivity (Wildman–Crippen MR) is 90.4 cm³/mol. The van der Waals surface area contributed by atoms with Crippen molar-refractivity contribution in [1.82, 2.24) is 20.1 Å². The minimum Gasteiger partial charge on any atom is -0.396 e. The first kappa shape index (κ1) is 16.6. The van der Waals surface area contributed by atoms with Crippen molar-refractivity contribution in [3.63, 3.8) is 0 Å². The molecule has 0 saturated carbocycles. The molecular formula is C18H24N4O2. The van der Waals surface area contributed by atoms with Crippen molar-refractivity contribution in [2.24, 2.45) is 0 Å². The summed E-state index contributed by atoms with van der Waals surface area (Å²) in [6, 6.07) is 10.5. The number of aromatic nitrogens is 3. The molecule has 0 saturated heterocycles. The van der Waals surface area contributed by atoms with Crippen molar-refractivity contribution in [2.45, 2.75) is 51.1 Å². The molecule has 1 atom stereocenters. The van der Waals surface area contributed by atoms with Gasteiger partial charge in [-0.2, -0.15) is 0 Å². The maximum absolute atomic E-state index is 11.7. The number of aliphatic hydroxyl groups excluding tert-OH is 1. The molecule has 2 aromatic rings. The number of benzene rings is 1. The van der Waals surface area contributed by atoms with E-state index in [1.54, 1.807) is 0 Å². The SMILES string of the molecule is O=C(CCO)NC1CCc2nnc(CCc3ccccc3)n2CC1. The lowest BCUT2D eigenvalue weighted by Gasteiger charge is -2.15. The van der Waals surface area contributed by atoms with Crippen LogP contribution in [0.25, 0.3) is 0 Å². The molecule has 0 radical (unpaired) electrons. The number of hydrogen-bond donors (Lipinski definition) is 2. The minimum absolute atomic E-state index is 0.0792. The van der Waals surface area contributed by atoms with Gasteiger partial charge in [0.05, 0.1) is 6.61 Å². The van der Waals surface area contributed by atoms with E-state index in [2.05, 4.69) is 44.3 Å². The number of fused-ring (bicyclic) bond motifs is 1. The first-order chi connectivity index (χ1) is 11.8. The molecule has 1 aliphatic rings. The molecule has 0 aliphatic carbocycles. The fourth-order valence-electron chi connectivity index (χ4n) is 3.18. The topological polar surface area (TPSA) is 80.0 Å². The second-order valence-corrected chi connectivity index (χ2v) is 6.24. The summed E-state index contributed by atoms with van der Waals surface area (Å²) in [6.45, 7) is 0.726. The highest BCUT2D eigenvalue weighted by Gasteiger charge is 2.21. The Hall–Kier alpha value is -2.21. The van der Waals surface area contributed by atoms with Gasteiger partial charge < -0.3 is 15.0 Å². The summed E-state index contributed by atoms with van der Waals surface area (Å²) in [4.78, 5) is 11.7. The van der Waals surface area contributed by atoms with Crippen molar-refractivity contribution < 1.29 is 9.90 Å². The molecule has 0 bridgehead atoms. The number of rotatable bonds is 6. The smallest absolute Gasteiger partial charge is 0.222 e. The molecule has 6 nitrogen and oxygen atoms in total. The van der Waals surface area contributed by atoms with Crippen molar-refractivity contribution in [2.75, 3.05) is 6.61 Å². The van der Waals surface area contributed by atoms with E-state index in [4.69, 9.17) is 5.11 Å². The van der Waals surface area contributed by atoms with E-state index in [9.17, 15) is 4.79 Å². The molecule has 128 valence electrons. The molecule has 1 aromatic carbocycles. The van der Waals surface area contributed by atoms with Gasteiger partial charge in [-0.1, -0.05) is 30.3 Å². The molecule has 6 heteroatoms. The van der Waals surface area contributed by atoms with Crippen LogP contribution in [0.3, 0.4) is 0 Å². The van der Waals surface area contributed by atoms with Crippen LogP contribution in [0, 0.1) is 0 Å². The number of carbonyl (C=O) groups excluding carboxylic acids is 1. The summed E-state index contributed by atoms with van der Waals surface area (Å²) in [5.74, 6) is 1.96. The highest BCUT2D eigenvalue weighted by molar-refractivity contribution is 5.76. The maximum atomic E-state index is 11.7. The monoisotopic (exact) mass is 328 g/mol. The molecule has 1 amide bonds. The lowest BCUT2D eigenvalue weighted by atomic mass is 10.1. The van der Waals surface area contributed by atoms with Gasteiger partial charge in [-0.05, 0) is 24.8 Å².